The number of likely N-dealkylation sites (tertiary alicyclic amines) is 1. The van der Waals surface area contributed by atoms with Gasteiger partial charge in [0.2, 0.25) is 5.91 Å². The molecule has 83 heavy (non-hydrogen) atoms. The van der Waals surface area contributed by atoms with Gasteiger partial charge in [-0.2, -0.15) is 0 Å². The van der Waals surface area contributed by atoms with Crippen LogP contribution in [0.25, 0.3) is 0 Å². The van der Waals surface area contributed by atoms with Crippen LogP contribution in [0.3, 0.4) is 0 Å². The molecule has 0 aromatic heterocycles. The Labute approximate surface area is 515 Å². The number of hydrogen-bond donors (Lipinski definition) is 10. The van der Waals surface area contributed by atoms with Crippen LogP contribution in [0.4, 0.5) is 0 Å². The monoisotopic (exact) mass is 1210 g/mol. The van der Waals surface area contributed by atoms with Crippen LogP contribution < -0.4 is 53.3 Å². The molecule has 3 rings (SSSR count). The summed E-state index contributed by atoms with van der Waals surface area (Å²) in [5, 5.41) is 8.06. The van der Waals surface area contributed by atoms with Gasteiger partial charge in [-0.1, -0.05) is 197 Å². The quantitative estimate of drug-likeness (QED) is 0.128. The predicted molar refractivity (Wildman–Crippen MR) is 372 cm³/mol. The Morgan fingerprint density at radius 3 is 0.590 bits per heavy atom. The topological polar surface area (TPSA) is 464 Å². The second-order valence-corrected chi connectivity index (χ2v) is 14.5. The van der Waals surface area contributed by atoms with Crippen LogP contribution in [-0.4, -0.2) is 131 Å². The highest BCUT2D eigenvalue weighted by Gasteiger charge is 2.11. The summed E-state index contributed by atoms with van der Waals surface area (Å²) < 4.78 is 0. The summed E-state index contributed by atoms with van der Waals surface area (Å²) in [5.41, 5.74) is 25.3. The zero-order valence-corrected chi connectivity index (χ0v) is 59.0. The van der Waals surface area contributed by atoms with Crippen molar-refractivity contribution in [2.45, 2.75) is 195 Å². The van der Waals surface area contributed by atoms with E-state index in [2.05, 4.69) is 174 Å². The van der Waals surface area contributed by atoms with Gasteiger partial charge in [0, 0.05) is 26.1 Å². The van der Waals surface area contributed by atoms with Gasteiger partial charge in [-0.3, -0.25) is 4.79 Å². The van der Waals surface area contributed by atoms with Gasteiger partial charge in [0.05, 0.1) is 0 Å². The number of aliphatic hydroxyl groups excluding tert-OH is 1. The van der Waals surface area contributed by atoms with E-state index < -0.39 is 0 Å². The van der Waals surface area contributed by atoms with Crippen molar-refractivity contribution in [2.24, 2.45) is 52.3 Å². The molecular formula is C62H150N10O11. The first-order chi connectivity index (χ1) is 38.0. The molecule has 1 aliphatic heterocycles. The number of carbonyl (C=O) groups excluding carboxylic acids is 10. The van der Waals surface area contributed by atoms with E-state index in [9.17, 15) is 4.79 Å². The molecule has 0 atom stereocenters. The van der Waals surface area contributed by atoms with Gasteiger partial charge in [-0.15, -0.1) is 0 Å². The van der Waals surface area contributed by atoms with E-state index in [-0.39, 0.29) is 36.6 Å². The molecular weight excluding hydrogens is 1060 g/mol. The Balaban J connectivity index is -0.0000000205. The fourth-order valence-electron chi connectivity index (χ4n) is 2.64. The minimum atomic E-state index is -0.167. The van der Waals surface area contributed by atoms with Crippen LogP contribution in [0.1, 0.15) is 188 Å². The number of aryl methyl sites for hydroxylation is 2. The number of nitrogens with zero attached hydrogens (tertiary/aromatic N) is 1. The molecule has 1 aliphatic rings. The van der Waals surface area contributed by atoms with Crippen molar-refractivity contribution in [1.82, 2.24) is 29.5 Å². The molecule has 0 saturated carbocycles. The van der Waals surface area contributed by atoms with Crippen molar-refractivity contribution in [1.29, 1.82) is 0 Å². The Hall–Kier alpha value is -5.46. The lowest BCUT2D eigenvalue weighted by atomic mass is 10.1. The molecule has 514 valence electrons. The molecule has 2 aromatic rings. The van der Waals surface area contributed by atoms with Crippen molar-refractivity contribution in [2.75, 3.05) is 48.3 Å². The zero-order chi connectivity index (χ0) is 69.0. The standard InChI is InChI=1S/2C8H10.C7H13NO.4C5H12.C3H8O.C2H6.5CH5N.9CH2O.4H3N/c2*1-2-8-6-4-3-5-7-8;1-7(9)8-5-3-2-4-6-8;4*1-4-5(2)3;1-3(2)4;15*1-2;;;;/h2*3-7H,2H2,1H3;2-6H2,1H3;4*5H,4H2,1-3H3;3-4H,1-2H3;1-2H3;5*2H2,1H3;9*1H2;4*1H3. The fraction of sp³-hybridized carbons (Fsp3) is 0.645. The molecule has 1 amide bonds. The maximum absolute atomic E-state index is 10.7. The largest absolute Gasteiger partial charge is 0.394 e. The number of carbonyl (C=O) groups is 10. The molecule has 1 fully saturated rings. The lowest BCUT2D eigenvalue weighted by Gasteiger charge is -2.24. The second kappa shape index (κ2) is 241. The maximum Gasteiger partial charge on any atom is 0.219 e. The molecule has 0 radical (unpaired) electrons. The molecule has 21 heteroatoms. The number of hydrogen-bond acceptors (Lipinski definition) is 20. The molecule has 0 aliphatic carbocycles. The molecule has 1 heterocycles. The third kappa shape index (κ3) is 356. The molecule has 0 unspecified atom stereocenters. The van der Waals surface area contributed by atoms with Crippen LogP contribution in [0.15, 0.2) is 60.7 Å². The van der Waals surface area contributed by atoms with E-state index in [1.54, 1.807) is 20.8 Å². The lowest BCUT2D eigenvalue weighted by Crippen LogP contribution is -2.33. The zero-order valence-electron chi connectivity index (χ0n) is 59.0. The summed E-state index contributed by atoms with van der Waals surface area (Å²) in [7, 11) is 7.50. The highest BCUT2D eigenvalue weighted by Crippen LogP contribution is 2.07. The summed E-state index contributed by atoms with van der Waals surface area (Å²) in [6.45, 7) is 59.9. The van der Waals surface area contributed by atoms with Crippen LogP contribution in [0.2, 0.25) is 0 Å². The van der Waals surface area contributed by atoms with E-state index in [1.807, 2.05) is 92.0 Å². The number of benzene rings is 2. The van der Waals surface area contributed by atoms with E-state index in [0.29, 0.717) is 0 Å². The minimum absolute atomic E-state index is 0. The van der Waals surface area contributed by atoms with Crippen LogP contribution in [0, 0.1) is 23.7 Å². The van der Waals surface area contributed by atoms with Crippen molar-refractivity contribution in [3.63, 3.8) is 0 Å². The SMILES string of the molecule is C=O.C=O.C=O.C=O.C=O.C=O.C=O.C=O.C=O.CC.CC(=O)N1CCCCC1.CC(C)O.CCC(C)C.CCC(C)C.CCC(C)C.CCC(C)C.CCc1ccccc1.CCc1ccccc1.CN.CN.CN.CN.CN.N.N.N.N. The van der Waals surface area contributed by atoms with Gasteiger partial charge >= 0.3 is 0 Å². The highest BCUT2D eigenvalue weighted by molar-refractivity contribution is 5.73. The van der Waals surface area contributed by atoms with E-state index in [0.717, 1.165) is 49.6 Å². The van der Waals surface area contributed by atoms with Crippen molar-refractivity contribution in [3.8, 4) is 0 Å². The first-order valence-corrected chi connectivity index (χ1v) is 26.5. The lowest BCUT2D eigenvalue weighted by molar-refractivity contribution is -0.129. The summed E-state index contributed by atoms with van der Waals surface area (Å²) in [6, 6.07) is 20.9. The van der Waals surface area contributed by atoms with Gasteiger partial charge in [0.25, 0.3) is 0 Å². The van der Waals surface area contributed by atoms with Crippen molar-refractivity contribution >= 4 is 67.0 Å². The molecule has 0 spiro atoms. The van der Waals surface area contributed by atoms with E-state index in [4.69, 9.17) is 48.3 Å². The normalized spacial score (nSPS) is 7.53. The third-order valence-corrected chi connectivity index (χ3v) is 7.57. The van der Waals surface area contributed by atoms with Crippen molar-refractivity contribution in [3.05, 3.63) is 71.8 Å². The number of aliphatic hydroxyl groups is 1. The van der Waals surface area contributed by atoms with E-state index >= 15 is 0 Å². The summed E-state index contributed by atoms with van der Waals surface area (Å²) in [6.07, 6.45) is 11.0. The number of piperidine rings is 1. The highest BCUT2D eigenvalue weighted by atomic mass is 16.3. The maximum atomic E-state index is 10.7. The first kappa shape index (κ1) is 158. The Kier molecular flexibility index (Phi) is 461. The smallest absolute Gasteiger partial charge is 0.219 e. The van der Waals surface area contributed by atoms with Gasteiger partial charge in [0.15, 0.2) is 0 Å². The second-order valence-electron chi connectivity index (χ2n) is 14.5. The third-order valence-electron chi connectivity index (χ3n) is 7.57. The van der Waals surface area contributed by atoms with Gasteiger partial charge < -0.3 is 106 Å². The van der Waals surface area contributed by atoms with Gasteiger partial charge in [-0.25, -0.2) is 0 Å². The van der Waals surface area contributed by atoms with Gasteiger partial charge in [0.1, 0.15) is 61.1 Å². The van der Waals surface area contributed by atoms with Crippen LogP contribution in [-0.2, 0) is 60.8 Å². The summed E-state index contributed by atoms with van der Waals surface area (Å²) in [4.78, 5) is 84.6. The Morgan fingerprint density at radius 1 is 0.386 bits per heavy atom. The first-order valence-electron chi connectivity index (χ1n) is 26.5. The molecule has 1 saturated heterocycles. The Bertz CT molecular complexity index is 944. The van der Waals surface area contributed by atoms with Crippen LogP contribution in [0.5, 0.6) is 0 Å². The fourth-order valence-corrected chi connectivity index (χ4v) is 2.64. The summed E-state index contributed by atoms with van der Waals surface area (Å²) in [5.74, 6) is 3.77. The van der Waals surface area contributed by atoms with Crippen molar-refractivity contribution < 1.29 is 53.1 Å². The average molecular weight is 1210 g/mol. The number of nitrogens with two attached hydrogens (primary N) is 5. The average Bonchev–Trinajstić information content (AvgIpc) is 3.55. The number of rotatable bonds is 6. The predicted octanol–water partition coefficient (Wildman–Crippen LogP) is 12.0. The molecule has 0 bridgehead atoms. The summed E-state index contributed by atoms with van der Waals surface area (Å²) >= 11 is 0. The van der Waals surface area contributed by atoms with Gasteiger partial charge in [-0.05, 0) is 116 Å². The Morgan fingerprint density at radius 2 is 0.518 bits per heavy atom. The number of amides is 1. The molecule has 21 nitrogen and oxygen atoms in total. The molecule has 2 aromatic carbocycles. The molecule has 23 N–H and O–H groups in total. The van der Waals surface area contributed by atoms with E-state index in [1.165, 1.54) is 91.3 Å². The van der Waals surface area contributed by atoms with Crippen LogP contribution >= 0.6 is 0 Å². The minimum Gasteiger partial charge on any atom is -0.394 e.